The van der Waals surface area contributed by atoms with Crippen molar-refractivity contribution < 1.29 is 19.4 Å². The fraction of sp³-hybridized carbons (Fsp3) is 0.387. The molecule has 0 aromatic heterocycles. The Bertz CT molecular complexity index is 1110. The van der Waals surface area contributed by atoms with Crippen LogP contribution >= 0.6 is 0 Å². The Morgan fingerprint density at radius 3 is 2.05 bits per heavy atom. The van der Waals surface area contributed by atoms with Crippen LogP contribution in [0.5, 0.6) is 5.75 Å². The van der Waals surface area contributed by atoms with Crippen molar-refractivity contribution in [1.82, 2.24) is 4.90 Å². The van der Waals surface area contributed by atoms with Gasteiger partial charge in [-0.1, -0.05) is 60.7 Å². The molecule has 3 aromatic carbocycles. The van der Waals surface area contributed by atoms with E-state index in [4.69, 9.17) is 9.47 Å². The molecule has 1 amide bonds. The van der Waals surface area contributed by atoms with Crippen LogP contribution in [0.3, 0.4) is 0 Å². The highest BCUT2D eigenvalue weighted by Gasteiger charge is 2.45. The minimum absolute atomic E-state index is 0.0722. The highest BCUT2D eigenvalue weighted by atomic mass is 16.5. The highest BCUT2D eigenvalue weighted by Crippen LogP contribution is 2.31. The molecule has 0 saturated carbocycles. The molecule has 3 aromatic rings. The second kappa shape index (κ2) is 12.4. The molecule has 1 N–H and O–H groups in total. The van der Waals surface area contributed by atoms with Crippen LogP contribution in [0.15, 0.2) is 84.9 Å². The Labute approximate surface area is 220 Å². The van der Waals surface area contributed by atoms with Crippen molar-refractivity contribution in [1.29, 1.82) is 0 Å². The smallest absolute Gasteiger partial charge is 0.258 e. The molecule has 1 fully saturated rings. The largest absolute Gasteiger partial charge is 0.491 e. The lowest BCUT2D eigenvalue weighted by Gasteiger charge is -2.43. The Kier molecular flexibility index (Phi) is 8.98. The molecule has 0 spiro atoms. The van der Waals surface area contributed by atoms with Gasteiger partial charge in [-0.15, -0.1) is 0 Å². The van der Waals surface area contributed by atoms with Crippen LogP contribution in [0.2, 0.25) is 0 Å². The summed E-state index contributed by atoms with van der Waals surface area (Å²) in [5.74, 6) is 0.494. The summed E-state index contributed by atoms with van der Waals surface area (Å²) in [5, 5.41) is 11.8. The minimum atomic E-state index is -1.26. The van der Waals surface area contributed by atoms with E-state index in [2.05, 4.69) is 17.0 Å². The number of carbonyl (C=O) groups excluding carboxylic acids is 1. The van der Waals surface area contributed by atoms with E-state index in [9.17, 15) is 9.90 Å². The summed E-state index contributed by atoms with van der Waals surface area (Å²) < 4.78 is 12.0. The standard InChI is InChI=1S/C31H38N2O4/c1-24(2)37-28-16-14-27(15-17-28)32(3)30(34)29(36-23-26-12-8-5-9-13-26)31(35)18-20-33(21-19-31)22-25-10-6-4-7-11-25/h4-17,24,29,35H,18-23H2,1-3H3. The van der Waals surface area contributed by atoms with E-state index >= 15 is 0 Å². The van der Waals surface area contributed by atoms with Crippen molar-refractivity contribution in [2.24, 2.45) is 0 Å². The molecule has 196 valence electrons. The van der Waals surface area contributed by atoms with Crippen molar-refractivity contribution in [3.8, 4) is 5.75 Å². The first-order valence-corrected chi connectivity index (χ1v) is 13.0. The molecule has 6 nitrogen and oxygen atoms in total. The molecule has 1 saturated heterocycles. The predicted molar refractivity (Wildman–Crippen MR) is 147 cm³/mol. The van der Waals surface area contributed by atoms with Crippen LogP contribution in [-0.2, 0) is 22.7 Å². The number of hydrogen-bond acceptors (Lipinski definition) is 5. The number of anilines is 1. The fourth-order valence-corrected chi connectivity index (χ4v) is 4.74. The third-order valence-corrected chi connectivity index (χ3v) is 6.87. The Morgan fingerprint density at radius 2 is 1.49 bits per heavy atom. The lowest BCUT2D eigenvalue weighted by atomic mass is 9.84. The molecule has 37 heavy (non-hydrogen) atoms. The predicted octanol–water partition coefficient (Wildman–Crippen LogP) is 5.05. The van der Waals surface area contributed by atoms with Gasteiger partial charge in [-0.05, 0) is 62.1 Å². The first-order valence-electron chi connectivity index (χ1n) is 13.0. The highest BCUT2D eigenvalue weighted by molar-refractivity contribution is 5.97. The lowest BCUT2D eigenvalue weighted by Crippen LogP contribution is -2.57. The number of likely N-dealkylation sites (tertiary alicyclic amines) is 1. The monoisotopic (exact) mass is 502 g/mol. The number of hydrogen-bond donors (Lipinski definition) is 1. The first kappa shape index (κ1) is 26.9. The molecule has 1 aliphatic rings. The number of likely N-dealkylation sites (N-methyl/N-ethyl adjacent to an activating group) is 1. The van der Waals surface area contributed by atoms with Crippen LogP contribution < -0.4 is 9.64 Å². The van der Waals surface area contributed by atoms with Crippen molar-refractivity contribution in [2.75, 3.05) is 25.0 Å². The zero-order valence-electron chi connectivity index (χ0n) is 22.0. The number of benzene rings is 3. The normalized spacial score (nSPS) is 16.4. The molecular formula is C31H38N2O4. The third-order valence-electron chi connectivity index (χ3n) is 6.87. The van der Waals surface area contributed by atoms with E-state index in [-0.39, 0.29) is 18.6 Å². The summed E-state index contributed by atoms with van der Waals surface area (Å²) >= 11 is 0. The molecule has 0 aliphatic carbocycles. The molecule has 1 unspecified atom stereocenters. The average molecular weight is 503 g/mol. The van der Waals surface area contributed by atoms with Crippen LogP contribution in [0.4, 0.5) is 5.69 Å². The number of carbonyl (C=O) groups is 1. The van der Waals surface area contributed by atoms with Gasteiger partial charge in [-0.2, -0.15) is 0 Å². The maximum atomic E-state index is 13.8. The second-order valence-corrected chi connectivity index (χ2v) is 10.1. The van der Waals surface area contributed by atoms with E-state index in [1.165, 1.54) is 5.56 Å². The number of nitrogens with zero attached hydrogens (tertiary/aromatic N) is 2. The number of piperidine rings is 1. The zero-order chi connectivity index (χ0) is 26.3. The summed E-state index contributed by atoms with van der Waals surface area (Å²) in [6.45, 7) is 6.41. The molecular weight excluding hydrogens is 464 g/mol. The van der Waals surface area contributed by atoms with Gasteiger partial charge in [0.1, 0.15) is 11.4 Å². The van der Waals surface area contributed by atoms with Gasteiger partial charge in [0.2, 0.25) is 0 Å². The summed E-state index contributed by atoms with van der Waals surface area (Å²) in [6, 6.07) is 27.5. The molecule has 6 heteroatoms. The van der Waals surface area contributed by atoms with Gasteiger partial charge >= 0.3 is 0 Å². The van der Waals surface area contributed by atoms with Gasteiger partial charge in [0, 0.05) is 32.4 Å². The number of rotatable bonds is 10. The minimum Gasteiger partial charge on any atom is -0.491 e. The summed E-state index contributed by atoms with van der Waals surface area (Å²) in [4.78, 5) is 17.7. The maximum Gasteiger partial charge on any atom is 0.258 e. The number of amides is 1. The summed E-state index contributed by atoms with van der Waals surface area (Å²) in [7, 11) is 1.73. The van der Waals surface area contributed by atoms with Crippen molar-refractivity contribution in [3.05, 3.63) is 96.1 Å². The van der Waals surface area contributed by atoms with Crippen LogP contribution in [0.1, 0.15) is 37.8 Å². The van der Waals surface area contributed by atoms with Gasteiger partial charge in [-0.25, -0.2) is 0 Å². The van der Waals surface area contributed by atoms with Crippen LogP contribution in [-0.4, -0.2) is 53.9 Å². The maximum absolute atomic E-state index is 13.8. The second-order valence-electron chi connectivity index (χ2n) is 10.1. The van der Waals surface area contributed by atoms with Crippen molar-refractivity contribution >= 4 is 11.6 Å². The lowest BCUT2D eigenvalue weighted by molar-refractivity contribution is -0.163. The molecule has 1 atom stereocenters. The average Bonchev–Trinajstić information content (AvgIpc) is 2.91. The Balaban J connectivity index is 1.48. The van der Waals surface area contributed by atoms with Crippen molar-refractivity contribution in [2.45, 2.75) is 57.6 Å². The summed E-state index contributed by atoms with van der Waals surface area (Å²) in [6.07, 6.45) is 0.00577. The van der Waals surface area contributed by atoms with E-state index in [0.717, 1.165) is 23.5 Å². The van der Waals surface area contributed by atoms with E-state index in [1.54, 1.807) is 11.9 Å². The van der Waals surface area contributed by atoms with Crippen molar-refractivity contribution in [3.63, 3.8) is 0 Å². The Hall–Kier alpha value is -3.19. The zero-order valence-corrected chi connectivity index (χ0v) is 22.0. The van der Waals surface area contributed by atoms with Gasteiger partial charge in [0.05, 0.1) is 12.7 Å². The fourth-order valence-electron chi connectivity index (χ4n) is 4.74. The topological polar surface area (TPSA) is 62.2 Å². The molecule has 1 heterocycles. The SMILES string of the molecule is CC(C)Oc1ccc(N(C)C(=O)C(OCc2ccccc2)C2(O)CCN(Cc3ccccc3)CC2)cc1. The number of ether oxygens (including phenoxy) is 2. The first-order chi connectivity index (χ1) is 17.8. The van der Waals surface area contributed by atoms with E-state index in [1.807, 2.05) is 86.6 Å². The van der Waals surface area contributed by atoms with Gasteiger partial charge < -0.3 is 19.5 Å². The summed E-state index contributed by atoms with van der Waals surface area (Å²) in [5.41, 5.74) is 1.67. The van der Waals surface area contributed by atoms with E-state index < -0.39 is 11.7 Å². The molecule has 4 rings (SSSR count). The van der Waals surface area contributed by atoms with Crippen LogP contribution in [0, 0.1) is 0 Å². The van der Waals surface area contributed by atoms with Gasteiger partial charge in [0.15, 0.2) is 6.10 Å². The van der Waals surface area contributed by atoms with Crippen LogP contribution in [0.25, 0.3) is 0 Å². The molecule has 0 radical (unpaired) electrons. The molecule has 0 bridgehead atoms. The molecule has 1 aliphatic heterocycles. The quantitative estimate of drug-likeness (QED) is 0.420. The Morgan fingerprint density at radius 1 is 0.919 bits per heavy atom. The third kappa shape index (κ3) is 7.19. The number of aliphatic hydroxyl groups is 1. The van der Waals surface area contributed by atoms with Gasteiger partial charge in [0.25, 0.3) is 5.91 Å². The van der Waals surface area contributed by atoms with E-state index in [0.29, 0.717) is 25.9 Å². The van der Waals surface area contributed by atoms with Gasteiger partial charge in [-0.3, -0.25) is 9.69 Å².